The van der Waals surface area contributed by atoms with Gasteiger partial charge < -0.3 is 15.0 Å². The van der Waals surface area contributed by atoms with Crippen LogP contribution in [-0.2, 0) is 9.53 Å². The highest BCUT2D eigenvalue weighted by atomic mass is 16.5. The molecule has 31 heavy (non-hydrogen) atoms. The normalized spacial score (nSPS) is 16.0. The molecule has 2 aromatic heterocycles. The third-order valence-corrected chi connectivity index (χ3v) is 5.12. The van der Waals surface area contributed by atoms with Gasteiger partial charge in [-0.05, 0) is 44.0 Å². The number of nitrogens with zero attached hydrogens (tertiary/aromatic N) is 5. The molecule has 160 valence electrons. The summed E-state index contributed by atoms with van der Waals surface area (Å²) in [6.45, 7) is 3.51. The number of ether oxygens (including phenoxy) is 1. The molecule has 0 spiro atoms. The maximum absolute atomic E-state index is 12.9. The monoisotopic (exact) mass is 420 g/mol. The first kappa shape index (κ1) is 20.5. The Kier molecular flexibility index (Phi) is 6.21. The van der Waals surface area contributed by atoms with Crippen molar-refractivity contribution in [3.05, 3.63) is 60.8 Å². The summed E-state index contributed by atoms with van der Waals surface area (Å²) in [6, 6.07) is 8.95. The zero-order valence-corrected chi connectivity index (χ0v) is 17.3. The molecule has 0 saturated carbocycles. The number of rotatable bonds is 6. The van der Waals surface area contributed by atoms with E-state index in [9.17, 15) is 9.59 Å². The Labute approximate surface area is 180 Å². The summed E-state index contributed by atoms with van der Waals surface area (Å²) in [5, 5.41) is 7.27. The summed E-state index contributed by atoms with van der Waals surface area (Å²) in [5.41, 5.74) is 1.65. The van der Waals surface area contributed by atoms with E-state index in [1.54, 1.807) is 42.5 Å². The lowest BCUT2D eigenvalue weighted by molar-refractivity contribution is -0.120. The van der Waals surface area contributed by atoms with E-state index in [0.29, 0.717) is 18.8 Å². The van der Waals surface area contributed by atoms with Crippen LogP contribution < -0.4 is 10.2 Å². The van der Waals surface area contributed by atoms with Crippen LogP contribution >= 0.6 is 0 Å². The van der Waals surface area contributed by atoms with Gasteiger partial charge in [0, 0.05) is 37.4 Å². The lowest BCUT2D eigenvalue weighted by Gasteiger charge is -2.32. The van der Waals surface area contributed by atoms with Crippen LogP contribution in [0.1, 0.15) is 30.3 Å². The molecule has 0 unspecified atom stereocenters. The molecule has 9 nitrogen and oxygen atoms in total. The zero-order valence-electron chi connectivity index (χ0n) is 17.3. The molecule has 0 aliphatic carbocycles. The maximum Gasteiger partial charge on any atom is 0.358 e. The molecule has 4 rings (SSSR count). The highest BCUT2D eigenvalue weighted by molar-refractivity contribution is 5.93. The molecule has 1 atom stereocenters. The summed E-state index contributed by atoms with van der Waals surface area (Å²) < 4.78 is 6.56. The van der Waals surface area contributed by atoms with Gasteiger partial charge >= 0.3 is 5.97 Å². The first-order valence-electron chi connectivity index (χ1n) is 10.3. The fourth-order valence-electron chi connectivity index (χ4n) is 3.61. The number of carbonyl (C=O) groups is 2. The second-order valence-corrected chi connectivity index (χ2v) is 7.25. The highest BCUT2D eigenvalue weighted by Crippen LogP contribution is 2.23. The SMILES string of the molecule is CCOC(=O)c1ccn(-c2cccc(NC(=O)[C@H]3CCCN(c4cnccn4)C3)c2)n1. The van der Waals surface area contributed by atoms with E-state index in [4.69, 9.17) is 4.74 Å². The Hall–Kier alpha value is -3.75. The third-order valence-electron chi connectivity index (χ3n) is 5.12. The lowest BCUT2D eigenvalue weighted by atomic mass is 9.97. The Morgan fingerprint density at radius 3 is 2.97 bits per heavy atom. The van der Waals surface area contributed by atoms with Crippen molar-refractivity contribution in [3.8, 4) is 5.69 Å². The average molecular weight is 420 g/mol. The molecular weight excluding hydrogens is 396 g/mol. The molecule has 1 N–H and O–H groups in total. The van der Waals surface area contributed by atoms with E-state index in [2.05, 4.69) is 25.3 Å². The van der Waals surface area contributed by atoms with Gasteiger partial charge in [-0.15, -0.1) is 0 Å². The Balaban J connectivity index is 1.43. The minimum absolute atomic E-state index is 0.0292. The molecule has 1 aromatic carbocycles. The fourth-order valence-corrected chi connectivity index (χ4v) is 3.61. The number of hydrogen-bond acceptors (Lipinski definition) is 7. The molecule has 1 aliphatic heterocycles. The van der Waals surface area contributed by atoms with Crippen molar-refractivity contribution in [2.24, 2.45) is 5.92 Å². The standard InChI is InChI=1S/C22H24N6O3/c1-2-31-22(30)19-8-12-28(26-19)18-7-3-6-17(13-18)25-21(29)16-5-4-11-27(15-16)20-14-23-9-10-24-20/h3,6-10,12-14,16H,2,4-5,11,15H2,1H3,(H,25,29)/t16-/m0/s1. The van der Waals surface area contributed by atoms with Gasteiger partial charge in [-0.25, -0.2) is 14.5 Å². The van der Waals surface area contributed by atoms with Gasteiger partial charge in [-0.3, -0.25) is 9.78 Å². The summed E-state index contributed by atoms with van der Waals surface area (Å²) in [5.74, 6) is 0.159. The number of amides is 1. The van der Waals surface area contributed by atoms with Gasteiger partial charge in [0.05, 0.1) is 24.4 Å². The van der Waals surface area contributed by atoms with Gasteiger partial charge in [0.2, 0.25) is 5.91 Å². The van der Waals surface area contributed by atoms with Crippen LogP contribution in [0.4, 0.5) is 11.5 Å². The van der Waals surface area contributed by atoms with Crippen molar-refractivity contribution >= 4 is 23.4 Å². The predicted octanol–water partition coefficient (Wildman–Crippen LogP) is 2.69. The van der Waals surface area contributed by atoms with Crippen molar-refractivity contribution in [1.29, 1.82) is 0 Å². The van der Waals surface area contributed by atoms with Gasteiger partial charge in [-0.1, -0.05) is 6.07 Å². The minimum Gasteiger partial charge on any atom is -0.461 e. The number of esters is 1. The number of carbonyl (C=O) groups excluding carboxylic acids is 2. The quantitative estimate of drug-likeness (QED) is 0.612. The number of aromatic nitrogens is 4. The topological polar surface area (TPSA) is 102 Å². The number of benzene rings is 1. The Morgan fingerprint density at radius 2 is 2.16 bits per heavy atom. The first-order chi connectivity index (χ1) is 15.1. The molecule has 0 bridgehead atoms. The van der Waals surface area contributed by atoms with Crippen molar-refractivity contribution in [1.82, 2.24) is 19.7 Å². The number of nitrogens with one attached hydrogen (secondary N) is 1. The third kappa shape index (κ3) is 4.88. The number of hydrogen-bond donors (Lipinski definition) is 1. The van der Waals surface area contributed by atoms with Crippen LogP contribution in [0, 0.1) is 5.92 Å². The smallest absolute Gasteiger partial charge is 0.358 e. The molecule has 3 aromatic rings. The van der Waals surface area contributed by atoms with Crippen molar-refractivity contribution in [2.45, 2.75) is 19.8 Å². The summed E-state index contributed by atoms with van der Waals surface area (Å²) >= 11 is 0. The van der Waals surface area contributed by atoms with E-state index >= 15 is 0 Å². The van der Waals surface area contributed by atoms with E-state index in [1.807, 2.05) is 24.3 Å². The average Bonchev–Trinajstić information content (AvgIpc) is 3.31. The predicted molar refractivity (Wildman–Crippen MR) is 115 cm³/mol. The molecule has 1 amide bonds. The lowest BCUT2D eigenvalue weighted by Crippen LogP contribution is -2.41. The van der Waals surface area contributed by atoms with Gasteiger partial charge in [0.15, 0.2) is 5.69 Å². The second kappa shape index (κ2) is 9.38. The minimum atomic E-state index is -0.462. The van der Waals surface area contributed by atoms with Gasteiger partial charge in [0.1, 0.15) is 5.82 Å². The largest absolute Gasteiger partial charge is 0.461 e. The van der Waals surface area contributed by atoms with Crippen LogP contribution in [0.25, 0.3) is 5.69 Å². The summed E-state index contributed by atoms with van der Waals surface area (Å²) in [7, 11) is 0. The molecule has 1 fully saturated rings. The van der Waals surface area contributed by atoms with E-state index in [1.165, 1.54) is 0 Å². The van der Waals surface area contributed by atoms with Gasteiger partial charge in [-0.2, -0.15) is 5.10 Å². The van der Waals surface area contributed by atoms with E-state index in [-0.39, 0.29) is 17.5 Å². The second-order valence-electron chi connectivity index (χ2n) is 7.25. The number of piperidine rings is 1. The van der Waals surface area contributed by atoms with Gasteiger partial charge in [0.25, 0.3) is 0 Å². The fraction of sp³-hybridized carbons (Fsp3) is 0.318. The van der Waals surface area contributed by atoms with Crippen molar-refractivity contribution < 1.29 is 14.3 Å². The van der Waals surface area contributed by atoms with Crippen LogP contribution in [0.2, 0.25) is 0 Å². The molecule has 1 saturated heterocycles. The molecule has 3 heterocycles. The van der Waals surface area contributed by atoms with Crippen molar-refractivity contribution in [2.75, 3.05) is 29.9 Å². The molecule has 0 radical (unpaired) electrons. The van der Waals surface area contributed by atoms with Crippen LogP contribution in [0.5, 0.6) is 0 Å². The maximum atomic E-state index is 12.9. The molecule has 9 heteroatoms. The van der Waals surface area contributed by atoms with Crippen LogP contribution in [0.15, 0.2) is 55.1 Å². The zero-order chi connectivity index (χ0) is 21.6. The van der Waals surface area contributed by atoms with E-state index in [0.717, 1.165) is 30.9 Å². The number of anilines is 2. The summed E-state index contributed by atoms with van der Waals surface area (Å²) in [6.07, 6.45) is 8.45. The Bertz CT molecular complexity index is 1050. The molecular formula is C22H24N6O3. The summed E-state index contributed by atoms with van der Waals surface area (Å²) in [4.78, 5) is 35.3. The first-order valence-corrected chi connectivity index (χ1v) is 10.3. The van der Waals surface area contributed by atoms with Crippen LogP contribution in [0.3, 0.4) is 0 Å². The van der Waals surface area contributed by atoms with Crippen LogP contribution in [-0.4, -0.2) is 51.3 Å². The Morgan fingerprint density at radius 1 is 1.26 bits per heavy atom. The van der Waals surface area contributed by atoms with E-state index < -0.39 is 5.97 Å². The molecule has 1 aliphatic rings. The van der Waals surface area contributed by atoms with Crippen molar-refractivity contribution in [3.63, 3.8) is 0 Å². The highest BCUT2D eigenvalue weighted by Gasteiger charge is 2.26.